The molecule has 1 atom stereocenters. The summed E-state index contributed by atoms with van der Waals surface area (Å²) in [5.41, 5.74) is 1.50. The largest absolute Gasteiger partial charge is 0.497 e. The molecule has 0 saturated heterocycles. The lowest BCUT2D eigenvalue weighted by Gasteiger charge is -2.20. The number of esters is 1. The summed E-state index contributed by atoms with van der Waals surface area (Å²) in [6.45, 7) is -0.0416. The summed E-state index contributed by atoms with van der Waals surface area (Å²) in [7, 11) is 4.48. The second-order valence-electron chi connectivity index (χ2n) is 6.79. The van der Waals surface area contributed by atoms with Gasteiger partial charge in [0.25, 0.3) is 0 Å². The van der Waals surface area contributed by atoms with Crippen molar-refractivity contribution in [3.63, 3.8) is 0 Å². The number of benzene rings is 2. The summed E-state index contributed by atoms with van der Waals surface area (Å²) in [6, 6.07) is 15.5. The third-order valence-corrected chi connectivity index (χ3v) is 4.28. The first kappa shape index (κ1) is 22.9. The molecular weight excluding hydrogens is 386 g/mol. The molecule has 8 heteroatoms. The van der Waals surface area contributed by atoms with E-state index in [-0.39, 0.29) is 24.9 Å². The maximum absolute atomic E-state index is 12.4. The van der Waals surface area contributed by atoms with Crippen LogP contribution in [0.5, 0.6) is 5.75 Å². The fourth-order valence-corrected chi connectivity index (χ4v) is 2.87. The van der Waals surface area contributed by atoms with Gasteiger partial charge in [-0.15, -0.1) is 0 Å². The van der Waals surface area contributed by atoms with Crippen LogP contribution in [0.2, 0.25) is 0 Å². The topological polar surface area (TPSA) is 97.0 Å². The van der Waals surface area contributed by atoms with Crippen molar-refractivity contribution >= 4 is 23.5 Å². The molecule has 2 aromatic carbocycles. The summed E-state index contributed by atoms with van der Waals surface area (Å²) >= 11 is 0. The fraction of sp³-hybridized carbons (Fsp3) is 0.318. The zero-order valence-corrected chi connectivity index (χ0v) is 17.4. The molecule has 0 saturated carbocycles. The van der Waals surface area contributed by atoms with E-state index in [9.17, 15) is 14.4 Å². The number of methoxy groups -OCH3 is 2. The second kappa shape index (κ2) is 11.6. The minimum Gasteiger partial charge on any atom is -0.497 e. The number of carbonyl (C=O) groups excluding carboxylic acids is 3. The highest BCUT2D eigenvalue weighted by molar-refractivity contribution is 5.93. The number of hydrogen-bond donors (Lipinski definition) is 2. The second-order valence-corrected chi connectivity index (χ2v) is 6.79. The lowest BCUT2D eigenvalue weighted by molar-refractivity contribution is -0.145. The van der Waals surface area contributed by atoms with Gasteiger partial charge in [-0.3, -0.25) is 14.5 Å². The third-order valence-electron chi connectivity index (χ3n) is 4.28. The van der Waals surface area contributed by atoms with E-state index in [4.69, 9.17) is 9.47 Å². The number of rotatable bonds is 10. The van der Waals surface area contributed by atoms with Crippen LogP contribution in [-0.4, -0.2) is 63.1 Å². The van der Waals surface area contributed by atoms with Crippen molar-refractivity contribution in [1.29, 1.82) is 0 Å². The van der Waals surface area contributed by atoms with Crippen LogP contribution in [0.1, 0.15) is 5.56 Å². The van der Waals surface area contributed by atoms with Gasteiger partial charge in [-0.05, 0) is 24.7 Å². The molecule has 0 heterocycles. The SMILES string of the molecule is COC(=O)[C@H](Cc1ccccc1)NC(=O)CN(C)CC(=O)Nc1cccc(OC)c1. The molecule has 2 rings (SSSR count). The molecular formula is C22H27N3O5. The van der Waals surface area contributed by atoms with Gasteiger partial charge < -0.3 is 20.1 Å². The van der Waals surface area contributed by atoms with Gasteiger partial charge in [0.15, 0.2) is 0 Å². The molecule has 0 spiro atoms. The highest BCUT2D eigenvalue weighted by atomic mass is 16.5. The number of carbonyl (C=O) groups is 3. The molecule has 30 heavy (non-hydrogen) atoms. The Balaban J connectivity index is 1.86. The molecule has 0 aliphatic rings. The quantitative estimate of drug-likeness (QED) is 0.573. The van der Waals surface area contributed by atoms with Crippen molar-refractivity contribution in [1.82, 2.24) is 10.2 Å². The lowest BCUT2D eigenvalue weighted by Crippen LogP contribution is -2.47. The Labute approximate surface area is 176 Å². The first-order valence-corrected chi connectivity index (χ1v) is 9.45. The van der Waals surface area contributed by atoms with Gasteiger partial charge in [0, 0.05) is 18.2 Å². The average molecular weight is 413 g/mol. The molecule has 2 N–H and O–H groups in total. The van der Waals surface area contributed by atoms with Crippen LogP contribution in [0.3, 0.4) is 0 Å². The third kappa shape index (κ3) is 7.56. The number of anilines is 1. The van der Waals surface area contributed by atoms with Gasteiger partial charge in [-0.1, -0.05) is 36.4 Å². The summed E-state index contributed by atoms with van der Waals surface area (Å²) in [5.74, 6) is -0.538. The minimum absolute atomic E-state index is 0.00616. The van der Waals surface area contributed by atoms with E-state index in [1.54, 1.807) is 43.3 Å². The Kier molecular flexibility index (Phi) is 8.83. The standard InChI is InChI=1S/C22H27N3O5/c1-25(14-20(26)23-17-10-7-11-18(13-17)29-2)15-21(27)24-19(22(28)30-3)12-16-8-5-4-6-9-16/h4-11,13,19H,12,14-15H2,1-3H3,(H,23,26)(H,24,27)/t19-/m0/s1. The van der Waals surface area contributed by atoms with E-state index < -0.39 is 12.0 Å². The highest BCUT2D eigenvalue weighted by Crippen LogP contribution is 2.16. The summed E-state index contributed by atoms with van der Waals surface area (Å²) < 4.78 is 9.92. The van der Waals surface area contributed by atoms with Crippen LogP contribution in [-0.2, 0) is 25.5 Å². The number of nitrogens with one attached hydrogen (secondary N) is 2. The van der Waals surface area contributed by atoms with Crippen molar-refractivity contribution < 1.29 is 23.9 Å². The molecule has 0 radical (unpaired) electrons. The van der Waals surface area contributed by atoms with E-state index in [0.29, 0.717) is 17.9 Å². The molecule has 2 aromatic rings. The van der Waals surface area contributed by atoms with E-state index in [2.05, 4.69) is 10.6 Å². The molecule has 0 aliphatic heterocycles. The predicted molar refractivity (Wildman–Crippen MR) is 113 cm³/mol. The fourth-order valence-electron chi connectivity index (χ4n) is 2.87. The maximum Gasteiger partial charge on any atom is 0.328 e. The molecule has 0 bridgehead atoms. The number of likely N-dealkylation sites (N-methyl/N-ethyl adjacent to an activating group) is 1. The Bertz CT molecular complexity index is 857. The van der Waals surface area contributed by atoms with Gasteiger partial charge in [0.1, 0.15) is 11.8 Å². The number of nitrogens with zero attached hydrogens (tertiary/aromatic N) is 1. The van der Waals surface area contributed by atoms with Crippen molar-refractivity contribution in [2.75, 3.05) is 39.7 Å². The van der Waals surface area contributed by atoms with Gasteiger partial charge in [0.05, 0.1) is 27.3 Å². The van der Waals surface area contributed by atoms with Crippen LogP contribution in [0, 0.1) is 0 Å². The van der Waals surface area contributed by atoms with E-state index in [1.165, 1.54) is 7.11 Å². The normalized spacial score (nSPS) is 11.5. The van der Waals surface area contributed by atoms with Crippen LogP contribution in [0.15, 0.2) is 54.6 Å². The van der Waals surface area contributed by atoms with Gasteiger partial charge in [-0.25, -0.2) is 4.79 Å². The molecule has 0 aromatic heterocycles. The van der Waals surface area contributed by atoms with Crippen LogP contribution in [0.25, 0.3) is 0 Å². The van der Waals surface area contributed by atoms with Gasteiger partial charge >= 0.3 is 5.97 Å². The summed E-state index contributed by atoms with van der Waals surface area (Å²) in [5, 5.41) is 5.44. The van der Waals surface area contributed by atoms with E-state index in [0.717, 1.165) is 5.56 Å². The Morgan fingerprint density at radius 1 is 0.967 bits per heavy atom. The van der Waals surface area contributed by atoms with Gasteiger partial charge in [0.2, 0.25) is 11.8 Å². The average Bonchev–Trinajstić information content (AvgIpc) is 2.73. The maximum atomic E-state index is 12.4. The van der Waals surface area contributed by atoms with Crippen LogP contribution in [0.4, 0.5) is 5.69 Å². The molecule has 0 unspecified atom stereocenters. The van der Waals surface area contributed by atoms with Crippen LogP contribution < -0.4 is 15.4 Å². The van der Waals surface area contributed by atoms with Crippen molar-refractivity contribution in [3.05, 3.63) is 60.2 Å². The van der Waals surface area contributed by atoms with Crippen LogP contribution >= 0.6 is 0 Å². The zero-order chi connectivity index (χ0) is 21.9. The molecule has 2 amide bonds. The predicted octanol–water partition coefficient (Wildman–Crippen LogP) is 1.47. The molecule has 0 aliphatic carbocycles. The zero-order valence-electron chi connectivity index (χ0n) is 17.4. The lowest BCUT2D eigenvalue weighted by atomic mass is 10.1. The minimum atomic E-state index is -0.802. The first-order valence-electron chi connectivity index (χ1n) is 9.45. The number of hydrogen-bond acceptors (Lipinski definition) is 6. The molecule has 8 nitrogen and oxygen atoms in total. The Morgan fingerprint density at radius 3 is 2.33 bits per heavy atom. The van der Waals surface area contributed by atoms with E-state index in [1.807, 2.05) is 30.3 Å². The Morgan fingerprint density at radius 2 is 1.67 bits per heavy atom. The smallest absolute Gasteiger partial charge is 0.328 e. The highest BCUT2D eigenvalue weighted by Gasteiger charge is 2.22. The number of ether oxygens (including phenoxy) is 2. The van der Waals surface area contributed by atoms with Crippen molar-refractivity contribution in [3.8, 4) is 5.75 Å². The molecule has 0 fully saturated rings. The summed E-state index contributed by atoms with van der Waals surface area (Å²) in [6.07, 6.45) is 0.319. The molecule has 160 valence electrons. The number of amides is 2. The van der Waals surface area contributed by atoms with Crippen molar-refractivity contribution in [2.45, 2.75) is 12.5 Å². The van der Waals surface area contributed by atoms with Crippen molar-refractivity contribution in [2.24, 2.45) is 0 Å². The summed E-state index contributed by atoms with van der Waals surface area (Å²) in [4.78, 5) is 38.2. The first-order chi connectivity index (χ1) is 14.4. The van der Waals surface area contributed by atoms with Gasteiger partial charge in [-0.2, -0.15) is 0 Å². The monoisotopic (exact) mass is 413 g/mol. The van der Waals surface area contributed by atoms with E-state index >= 15 is 0 Å². The Hall–Kier alpha value is -3.39.